The van der Waals surface area contributed by atoms with E-state index in [0.29, 0.717) is 5.69 Å². The van der Waals surface area contributed by atoms with Crippen molar-refractivity contribution in [3.8, 4) is 0 Å². The largest absolute Gasteiger partial charge is 0.463 e. The molecule has 1 aromatic rings. The maximum absolute atomic E-state index is 12.5. The van der Waals surface area contributed by atoms with Crippen molar-refractivity contribution in [1.82, 2.24) is 0 Å². The third kappa shape index (κ3) is 2.49. The minimum Gasteiger partial charge on any atom is -0.463 e. The van der Waals surface area contributed by atoms with Crippen LogP contribution >= 0.6 is 0 Å². The van der Waals surface area contributed by atoms with E-state index < -0.39 is 23.6 Å². The number of esters is 1. The average molecular weight is 291 g/mol. The van der Waals surface area contributed by atoms with E-state index in [2.05, 4.69) is 0 Å². The first-order chi connectivity index (χ1) is 9.79. The van der Waals surface area contributed by atoms with E-state index in [1.165, 1.54) is 6.92 Å². The third-order valence-corrected chi connectivity index (χ3v) is 3.21. The quantitative estimate of drug-likeness (QED) is 0.630. The first-order valence-electron chi connectivity index (χ1n) is 6.62. The number of benzene rings is 1. The molecule has 1 saturated heterocycles. The number of rotatable bonds is 3. The highest BCUT2D eigenvalue weighted by Crippen LogP contribution is 2.31. The second-order valence-electron chi connectivity index (χ2n) is 5.11. The van der Waals surface area contributed by atoms with Crippen LogP contribution in [0.25, 0.3) is 0 Å². The molecule has 0 saturated carbocycles. The lowest BCUT2D eigenvalue weighted by Crippen LogP contribution is -2.46. The molecule has 6 heteroatoms. The smallest absolute Gasteiger partial charge is 0.423 e. The summed E-state index contributed by atoms with van der Waals surface area (Å²) in [6, 6.07) is 5.28. The summed E-state index contributed by atoms with van der Waals surface area (Å²) in [6.45, 7) is 6.67. The van der Waals surface area contributed by atoms with Gasteiger partial charge in [0.2, 0.25) is 0 Å². The maximum atomic E-state index is 12.5. The minimum atomic E-state index is -1.93. The van der Waals surface area contributed by atoms with Gasteiger partial charge in [0.15, 0.2) is 0 Å². The van der Waals surface area contributed by atoms with Gasteiger partial charge in [0.25, 0.3) is 11.5 Å². The summed E-state index contributed by atoms with van der Waals surface area (Å²) in [5.41, 5.74) is 0.256. The highest BCUT2D eigenvalue weighted by molar-refractivity contribution is 6.27. The van der Waals surface area contributed by atoms with Gasteiger partial charge in [-0.15, -0.1) is 0 Å². The molecule has 1 fully saturated rings. The van der Waals surface area contributed by atoms with Gasteiger partial charge in [0.05, 0.1) is 12.3 Å². The molecule has 1 aliphatic rings. The van der Waals surface area contributed by atoms with E-state index in [1.54, 1.807) is 19.1 Å². The predicted octanol–water partition coefficient (Wildman–Crippen LogP) is 2.11. The van der Waals surface area contributed by atoms with Crippen molar-refractivity contribution in [2.24, 2.45) is 0 Å². The summed E-state index contributed by atoms with van der Waals surface area (Å²) in [4.78, 5) is 37.2. The number of hydrogen-bond acceptors (Lipinski definition) is 5. The van der Waals surface area contributed by atoms with Gasteiger partial charge in [0.1, 0.15) is 0 Å². The van der Waals surface area contributed by atoms with Crippen LogP contribution in [0.1, 0.15) is 25.0 Å². The Balaban J connectivity index is 2.41. The van der Waals surface area contributed by atoms with Crippen molar-refractivity contribution in [2.45, 2.75) is 33.3 Å². The van der Waals surface area contributed by atoms with E-state index in [-0.39, 0.29) is 6.61 Å². The predicted molar refractivity (Wildman–Crippen MR) is 74.9 cm³/mol. The molecule has 0 N–H and O–H groups in total. The van der Waals surface area contributed by atoms with Gasteiger partial charge < -0.3 is 9.47 Å². The summed E-state index contributed by atoms with van der Waals surface area (Å²) in [5.74, 6) is -1.61. The molecular weight excluding hydrogens is 274 g/mol. The molecule has 0 aromatic heterocycles. The number of ether oxygens (including phenoxy) is 2. The number of amides is 2. The molecule has 1 heterocycles. The molecule has 0 radical (unpaired) electrons. The molecule has 2 rings (SSSR count). The number of anilines is 1. The molecule has 0 spiro atoms. The number of nitrogens with zero attached hydrogens (tertiary/aromatic N) is 1. The molecular formula is C15H17NO5. The number of aryl methyl sites for hydroxylation is 2. The Kier molecular flexibility index (Phi) is 3.72. The molecule has 1 aliphatic heterocycles. The Hall–Kier alpha value is -2.37. The second-order valence-corrected chi connectivity index (χ2v) is 5.11. The van der Waals surface area contributed by atoms with Crippen molar-refractivity contribution in [3.63, 3.8) is 0 Å². The molecule has 1 aromatic carbocycles. The van der Waals surface area contributed by atoms with Crippen LogP contribution in [0.2, 0.25) is 0 Å². The fraction of sp³-hybridized carbons (Fsp3) is 0.400. The van der Waals surface area contributed by atoms with Gasteiger partial charge in [-0.05, 0) is 51.0 Å². The molecule has 0 aliphatic carbocycles. The zero-order valence-corrected chi connectivity index (χ0v) is 12.4. The van der Waals surface area contributed by atoms with Crippen LogP contribution in [0.5, 0.6) is 0 Å². The molecule has 2 amide bonds. The van der Waals surface area contributed by atoms with Crippen LogP contribution in [0.4, 0.5) is 10.5 Å². The van der Waals surface area contributed by atoms with Gasteiger partial charge in [-0.25, -0.2) is 14.5 Å². The van der Waals surface area contributed by atoms with E-state index in [0.717, 1.165) is 16.0 Å². The van der Waals surface area contributed by atoms with Gasteiger partial charge in [-0.3, -0.25) is 4.79 Å². The summed E-state index contributed by atoms with van der Waals surface area (Å²) < 4.78 is 9.80. The Morgan fingerprint density at radius 3 is 2.33 bits per heavy atom. The monoisotopic (exact) mass is 291 g/mol. The lowest BCUT2D eigenvalue weighted by molar-refractivity contribution is -0.164. The van der Waals surface area contributed by atoms with E-state index in [9.17, 15) is 14.4 Å². The van der Waals surface area contributed by atoms with Crippen molar-refractivity contribution >= 4 is 23.7 Å². The molecule has 112 valence electrons. The SMILES string of the molecule is CCOC(=O)C1(C)OC(=O)N(c2cc(C)cc(C)c2)C1=O. The lowest BCUT2D eigenvalue weighted by atomic mass is 10.1. The Morgan fingerprint density at radius 2 is 1.81 bits per heavy atom. The van der Waals surface area contributed by atoms with Gasteiger partial charge in [0, 0.05) is 0 Å². The van der Waals surface area contributed by atoms with Crippen molar-refractivity contribution < 1.29 is 23.9 Å². The Morgan fingerprint density at radius 1 is 1.24 bits per heavy atom. The fourth-order valence-electron chi connectivity index (χ4n) is 2.26. The average Bonchev–Trinajstić information content (AvgIpc) is 2.60. The maximum Gasteiger partial charge on any atom is 0.423 e. The second kappa shape index (κ2) is 5.20. The number of carbonyl (C=O) groups excluding carboxylic acids is 3. The number of hydrogen-bond donors (Lipinski definition) is 0. The number of imide groups is 1. The van der Waals surface area contributed by atoms with Crippen LogP contribution in [0.3, 0.4) is 0 Å². The van der Waals surface area contributed by atoms with E-state index in [4.69, 9.17) is 9.47 Å². The summed E-state index contributed by atoms with van der Waals surface area (Å²) >= 11 is 0. The highest BCUT2D eigenvalue weighted by atomic mass is 16.6. The third-order valence-electron chi connectivity index (χ3n) is 3.21. The van der Waals surface area contributed by atoms with Gasteiger partial charge in [-0.2, -0.15) is 0 Å². The number of cyclic esters (lactones) is 1. The molecule has 21 heavy (non-hydrogen) atoms. The van der Waals surface area contributed by atoms with Crippen molar-refractivity contribution in [2.75, 3.05) is 11.5 Å². The highest BCUT2D eigenvalue weighted by Gasteiger charge is 2.57. The van der Waals surface area contributed by atoms with Gasteiger partial charge >= 0.3 is 12.1 Å². The van der Waals surface area contributed by atoms with Crippen LogP contribution < -0.4 is 4.90 Å². The molecule has 6 nitrogen and oxygen atoms in total. The fourth-order valence-corrected chi connectivity index (χ4v) is 2.26. The summed E-state index contributed by atoms with van der Waals surface area (Å²) in [6.07, 6.45) is -0.874. The molecule has 0 bridgehead atoms. The van der Waals surface area contributed by atoms with Crippen molar-refractivity contribution in [3.05, 3.63) is 29.3 Å². The first kappa shape index (κ1) is 15.0. The number of carbonyl (C=O) groups is 3. The van der Waals surface area contributed by atoms with E-state index >= 15 is 0 Å². The zero-order valence-electron chi connectivity index (χ0n) is 12.4. The molecule has 1 unspecified atom stereocenters. The first-order valence-corrected chi connectivity index (χ1v) is 6.62. The van der Waals surface area contributed by atoms with Gasteiger partial charge in [-0.1, -0.05) is 6.07 Å². The normalized spacial score (nSPS) is 21.4. The molecule has 1 atom stereocenters. The van der Waals surface area contributed by atoms with Crippen LogP contribution in [0.15, 0.2) is 18.2 Å². The summed E-state index contributed by atoms with van der Waals surface area (Å²) in [5, 5.41) is 0. The lowest BCUT2D eigenvalue weighted by Gasteiger charge is -2.17. The Labute approximate surface area is 122 Å². The minimum absolute atomic E-state index is 0.100. The standard InChI is InChI=1S/C15H17NO5/c1-5-20-13(18)15(4)12(17)16(14(19)21-15)11-7-9(2)6-10(3)8-11/h6-8H,5H2,1-4H3. The Bertz CT molecular complexity index is 604. The van der Waals surface area contributed by atoms with Crippen LogP contribution in [-0.4, -0.2) is 30.2 Å². The van der Waals surface area contributed by atoms with Crippen LogP contribution in [0, 0.1) is 13.8 Å². The topological polar surface area (TPSA) is 72.9 Å². The zero-order chi connectivity index (χ0) is 15.8. The van der Waals surface area contributed by atoms with Crippen molar-refractivity contribution in [1.29, 1.82) is 0 Å². The van der Waals surface area contributed by atoms with E-state index in [1.807, 2.05) is 19.9 Å². The summed E-state index contributed by atoms with van der Waals surface area (Å²) in [7, 11) is 0. The van der Waals surface area contributed by atoms with Crippen LogP contribution in [-0.2, 0) is 19.1 Å².